The lowest BCUT2D eigenvalue weighted by atomic mass is 10.2. The van der Waals surface area contributed by atoms with Crippen molar-refractivity contribution in [2.75, 3.05) is 17.7 Å². The highest BCUT2D eigenvalue weighted by Gasteiger charge is 2.23. The van der Waals surface area contributed by atoms with Gasteiger partial charge < -0.3 is 19.9 Å². The number of anilines is 2. The number of fused-ring (bicyclic) bond motifs is 1. The van der Waals surface area contributed by atoms with E-state index in [1.165, 1.54) is 43.0 Å². The van der Waals surface area contributed by atoms with Gasteiger partial charge >= 0.3 is 0 Å². The van der Waals surface area contributed by atoms with Gasteiger partial charge in [-0.05, 0) is 30.3 Å². The molecule has 0 atom stereocenters. The first-order chi connectivity index (χ1) is 17.2. The Bertz CT molecular complexity index is 1560. The monoisotopic (exact) mass is 509 g/mol. The van der Waals surface area contributed by atoms with Crippen LogP contribution >= 0.6 is 0 Å². The van der Waals surface area contributed by atoms with Crippen LogP contribution < -0.4 is 15.4 Å². The van der Waals surface area contributed by atoms with E-state index in [0.29, 0.717) is 28.0 Å². The summed E-state index contributed by atoms with van der Waals surface area (Å²) in [6.07, 6.45) is 1.39. The average molecular weight is 510 g/mol. The first kappa shape index (κ1) is 24.9. The topological polar surface area (TPSA) is 106 Å². The van der Waals surface area contributed by atoms with Crippen LogP contribution in [0.4, 0.5) is 15.8 Å². The maximum Gasteiger partial charge on any atom is 0.244 e. The van der Waals surface area contributed by atoms with Crippen molar-refractivity contribution >= 4 is 43.9 Å². The third-order valence-corrected chi connectivity index (χ3v) is 7.18. The van der Waals surface area contributed by atoms with Crippen LogP contribution in [0.5, 0.6) is 5.75 Å². The largest absolute Gasteiger partial charge is 0.495 e. The van der Waals surface area contributed by atoms with E-state index in [-0.39, 0.29) is 22.9 Å². The molecule has 10 heteroatoms. The van der Waals surface area contributed by atoms with Crippen LogP contribution in [0.25, 0.3) is 10.9 Å². The van der Waals surface area contributed by atoms with Gasteiger partial charge in [-0.1, -0.05) is 36.4 Å². The molecule has 2 N–H and O–H groups in total. The van der Waals surface area contributed by atoms with E-state index in [0.717, 1.165) is 0 Å². The Morgan fingerprint density at radius 2 is 1.72 bits per heavy atom. The highest BCUT2D eigenvalue weighted by molar-refractivity contribution is 7.90. The van der Waals surface area contributed by atoms with Crippen LogP contribution in [-0.4, -0.2) is 31.9 Å². The number of ether oxygens (including phenoxy) is 1. The number of carbonyl (C=O) groups is 2. The molecule has 1 aromatic heterocycles. The maximum absolute atomic E-state index is 14.1. The zero-order chi connectivity index (χ0) is 25.9. The summed E-state index contributed by atoms with van der Waals surface area (Å²) in [5, 5.41) is 5.83. The van der Waals surface area contributed by atoms with Crippen LogP contribution in [-0.2, 0) is 31.7 Å². The van der Waals surface area contributed by atoms with Gasteiger partial charge in [0.15, 0.2) is 9.84 Å². The van der Waals surface area contributed by atoms with Crippen molar-refractivity contribution in [1.82, 2.24) is 4.57 Å². The molecule has 4 rings (SSSR count). The summed E-state index contributed by atoms with van der Waals surface area (Å²) in [6.45, 7) is 1.18. The molecule has 0 bridgehead atoms. The van der Waals surface area contributed by atoms with Gasteiger partial charge in [-0.2, -0.15) is 0 Å². The fourth-order valence-electron chi connectivity index (χ4n) is 3.92. The number of methoxy groups -OCH3 is 1. The van der Waals surface area contributed by atoms with Crippen molar-refractivity contribution in [3.05, 3.63) is 84.3 Å². The molecule has 1 heterocycles. The summed E-state index contributed by atoms with van der Waals surface area (Å²) in [4.78, 5) is 24.3. The number of amides is 2. The lowest BCUT2D eigenvalue weighted by Gasteiger charge is -2.13. The summed E-state index contributed by atoms with van der Waals surface area (Å²) in [5.41, 5.74) is 1.43. The van der Waals surface area contributed by atoms with Crippen LogP contribution in [0.2, 0.25) is 0 Å². The Morgan fingerprint density at radius 1 is 1.00 bits per heavy atom. The minimum atomic E-state index is -3.92. The van der Waals surface area contributed by atoms with Crippen LogP contribution in [0.3, 0.4) is 0 Å². The number of rotatable bonds is 8. The number of aromatic nitrogens is 1. The van der Waals surface area contributed by atoms with Gasteiger partial charge in [-0.25, -0.2) is 12.8 Å². The molecule has 2 amide bonds. The van der Waals surface area contributed by atoms with Gasteiger partial charge in [-0.3, -0.25) is 9.59 Å². The molecule has 0 aliphatic rings. The fraction of sp³-hybridized carbons (Fsp3) is 0.154. The predicted octanol–water partition coefficient (Wildman–Crippen LogP) is 4.36. The molecule has 0 unspecified atom stereocenters. The van der Waals surface area contributed by atoms with E-state index in [1.54, 1.807) is 48.5 Å². The lowest BCUT2D eigenvalue weighted by molar-refractivity contribution is -0.116. The number of carbonyl (C=O) groups excluding carboxylic acids is 2. The predicted molar refractivity (Wildman–Crippen MR) is 135 cm³/mol. The van der Waals surface area contributed by atoms with E-state index < -0.39 is 27.3 Å². The third kappa shape index (κ3) is 5.38. The number of nitrogens with one attached hydrogen (secondary N) is 2. The van der Waals surface area contributed by atoms with Crippen molar-refractivity contribution < 1.29 is 27.1 Å². The van der Waals surface area contributed by atoms with Crippen LogP contribution in [0.1, 0.15) is 12.5 Å². The minimum Gasteiger partial charge on any atom is -0.495 e. The summed E-state index contributed by atoms with van der Waals surface area (Å²) in [7, 11) is -2.46. The number of para-hydroxylation sites is 1. The fourth-order valence-corrected chi connectivity index (χ4v) is 5.52. The van der Waals surface area contributed by atoms with Gasteiger partial charge in [0.05, 0.1) is 23.4 Å². The van der Waals surface area contributed by atoms with Gasteiger partial charge in [0.2, 0.25) is 11.8 Å². The second kappa shape index (κ2) is 10.2. The average Bonchev–Trinajstić information content (AvgIpc) is 3.19. The SMILES string of the molecule is COc1ccc(NC(C)=O)cc1NC(=O)Cn1cc(S(=O)(=O)Cc2ccccc2F)c2ccccc21. The molecule has 0 saturated heterocycles. The zero-order valence-electron chi connectivity index (χ0n) is 19.6. The van der Waals surface area contributed by atoms with Crippen molar-refractivity contribution in [2.24, 2.45) is 0 Å². The van der Waals surface area contributed by atoms with E-state index in [2.05, 4.69) is 10.6 Å². The standard InChI is InChI=1S/C26H24FN3O5S/c1-17(31)28-19-11-12-24(35-2)22(13-19)29-26(32)15-30-14-25(20-8-4-6-10-23(20)30)36(33,34)16-18-7-3-5-9-21(18)27/h3-14H,15-16H2,1-2H3,(H,28,31)(H,29,32). The second-order valence-electron chi connectivity index (χ2n) is 8.13. The first-order valence-corrected chi connectivity index (χ1v) is 12.6. The Labute approximate surface area is 207 Å². The van der Waals surface area contributed by atoms with Crippen LogP contribution in [0, 0.1) is 5.82 Å². The van der Waals surface area contributed by atoms with Crippen molar-refractivity contribution in [3.8, 4) is 5.75 Å². The van der Waals surface area contributed by atoms with E-state index in [1.807, 2.05) is 0 Å². The molecule has 0 fully saturated rings. The molecule has 0 radical (unpaired) electrons. The Hall–Kier alpha value is -4.18. The minimum absolute atomic E-state index is 0.0133. The smallest absolute Gasteiger partial charge is 0.244 e. The Kier molecular flexibility index (Phi) is 7.07. The lowest BCUT2D eigenvalue weighted by Crippen LogP contribution is -2.19. The first-order valence-electron chi connectivity index (χ1n) is 11.0. The van der Waals surface area contributed by atoms with Crippen molar-refractivity contribution in [3.63, 3.8) is 0 Å². The quantitative estimate of drug-likeness (QED) is 0.367. The Balaban J connectivity index is 1.63. The molecular weight excluding hydrogens is 485 g/mol. The summed E-state index contributed by atoms with van der Waals surface area (Å²) in [6, 6.07) is 17.3. The molecule has 0 aliphatic heterocycles. The molecule has 36 heavy (non-hydrogen) atoms. The number of nitrogens with zero attached hydrogens (tertiary/aromatic N) is 1. The maximum atomic E-state index is 14.1. The third-order valence-electron chi connectivity index (χ3n) is 5.50. The summed E-state index contributed by atoms with van der Waals surface area (Å²) in [5.74, 6) is -1.41. The van der Waals surface area contributed by atoms with Gasteiger partial charge in [0, 0.05) is 35.3 Å². The highest BCUT2D eigenvalue weighted by Crippen LogP contribution is 2.30. The molecule has 4 aromatic rings. The molecule has 0 aliphatic carbocycles. The molecule has 186 valence electrons. The van der Waals surface area contributed by atoms with Gasteiger partial charge in [-0.15, -0.1) is 0 Å². The number of hydrogen-bond donors (Lipinski definition) is 2. The van der Waals surface area contributed by atoms with Crippen molar-refractivity contribution in [2.45, 2.75) is 24.1 Å². The van der Waals surface area contributed by atoms with E-state index in [4.69, 9.17) is 4.74 Å². The number of halogens is 1. The number of hydrogen-bond acceptors (Lipinski definition) is 5. The molecular formula is C26H24FN3O5S. The van der Waals surface area contributed by atoms with Gasteiger partial charge in [0.25, 0.3) is 0 Å². The molecule has 0 saturated carbocycles. The van der Waals surface area contributed by atoms with E-state index >= 15 is 0 Å². The van der Waals surface area contributed by atoms with E-state index in [9.17, 15) is 22.4 Å². The van der Waals surface area contributed by atoms with Gasteiger partial charge in [0.1, 0.15) is 18.1 Å². The van der Waals surface area contributed by atoms with Crippen molar-refractivity contribution in [1.29, 1.82) is 0 Å². The molecule has 3 aromatic carbocycles. The molecule has 0 spiro atoms. The highest BCUT2D eigenvalue weighted by atomic mass is 32.2. The normalized spacial score (nSPS) is 11.3. The summed E-state index contributed by atoms with van der Waals surface area (Å²) >= 11 is 0. The number of sulfone groups is 1. The Morgan fingerprint density at radius 3 is 2.44 bits per heavy atom. The number of benzene rings is 3. The summed E-state index contributed by atoms with van der Waals surface area (Å²) < 4.78 is 47.4. The second-order valence-corrected chi connectivity index (χ2v) is 10.1. The zero-order valence-corrected chi connectivity index (χ0v) is 20.4. The molecule has 8 nitrogen and oxygen atoms in total. The van der Waals surface area contributed by atoms with Crippen LogP contribution in [0.15, 0.2) is 77.8 Å².